The quantitative estimate of drug-likeness (QED) is 0.699. The number of nitrogens with two attached hydrogens (primary N) is 1. The van der Waals surface area contributed by atoms with E-state index in [1.165, 1.54) is 18.2 Å². The van der Waals surface area contributed by atoms with Crippen LogP contribution in [-0.4, -0.2) is 22.6 Å². The monoisotopic (exact) mass is 286 g/mol. The summed E-state index contributed by atoms with van der Waals surface area (Å²) in [6.07, 6.45) is 0. The Morgan fingerprint density at radius 3 is 2.81 bits per heavy atom. The van der Waals surface area contributed by atoms with Gasteiger partial charge in [-0.15, -0.1) is 0 Å². The lowest BCUT2D eigenvalue weighted by Crippen LogP contribution is -2.18. The molecule has 0 fully saturated rings. The minimum atomic E-state index is -0.633. The van der Waals surface area contributed by atoms with Crippen LogP contribution in [0.5, 0.6) is 0 Å². The molecule has 0 saturated carbocycles. The van der Waals surface area contributed by atoms with E-state index in [9.17, 15) is 14.0 Å². The van der Waals surface area contributed by atoms with Crippen LogP contribution in [0, 0.1) is 17.7 Å². The van der Waals surface area contributed by atoms with Gasteiger partial charge in [-0.05, 0) is 24.3 Å². The third kappa shape index (κ3) is 3.75. The van der Waals surface area contributed by atoms with E-state index in [2.05, 4.69) is 27.4 Å². The second kappa shape index (κ2) is 6.45. The minimum Gasteiger partial charge on any atom is -0.320 e. The normalized spacial score (nSPS) is 9.62. The summed E-state index contributed by atoms with van der Waals surface area (Å²) >= 11 is 0. The highest BCUT2D eigenvalue weighted by atomic mass is 19.1. The van der Waals surface area contributed by atoms with Crippen molar-refractivity contribution in [2.45, 2.75) is 0 Å². The van der Waals surface area contributed by atoms with Crippen molar-refractivity contribution in [2.75, 3.05) is 11.9 Å². The summed E-state index contributed by atoms with van der Waals surface area (Å²) in [7, 11) is 0. The molecule has 1 heterocycles. The summed E-state index contributed by atoms with van der Waals surface area (Å²) in [6, 6.07) is 6.54. The Morgan fingerprint density at radius 2 is 2.19 bits per heavy atom. The second-order valence-corrected chi connectivity index (χ2v) is 3.96. The molecule has 21 heavy (non-hydrogen) atoms. The third-order valence-corrected chi connectivity index (χ3v) is 2.46. The maximum absolute atomic E-state index is 13.8. The molecule has 1 aromatic carbocycles. The molecule has 0 spiro atoms. The summed E-state index contributed by atoms with van der Waals surface area (Å²) in [5, 5.41) is 8.03. The average Bonchev–Trinajstić information content (AvgIpc) is 2.48. The van der Waals surface area contributed by atoms with Gasteiger partial charge in [0, 0.05) is 11.6 Å². The van der Waals surface area contributed by atoms with Gasteiger partial charge in [0.1, 0.15) is 11.5 Å². The average molecular weight is 286 g/mol. The first-order valence-corrected chi connectivity index (χ1v) is 5.95. The van der Waals surface area contributed by atoms with Gasteiger partial charge in [0.25, 0.3) is 11.5 Å². The van der Waals surface area contributed by atoms with Crippen molar-refractivity contribution in [3.63, 3.8) is 0 Å². The molecule has 0 aliphatic carbocycles. The number of hydrogen-bond acceptors (Lipinski definition) is 4. The lowest BCUT2D eigenvalue weighted by molar-refractivity contribution is 0.102. The molecule has 2 rings (SSSR count). The van der Waals surface area contributed by atoms with Gasteiger partial charge in [-0.3, -0.25) is 9.59 Å². The number of H-pyrrole nitrogens is 1. The largest absolute Gasteiger partial charge is 0.320 e. The third-order valence-electron chi connectivity index (χ3n) is 2.46. The van der Waals surface area contributed by atoms with Crippen LogP contribution in [0.3, 0.4) is 0 Å². The molecule has 0 bridgehead atoms. The van der Waals surface area contributed by atoms with Gasteiger partial charge >= 0.3 is 0 Å². The number of aromatic nitrogens is 2. The first-order valence-electron chi connectivity index (χ1n) is 5.95. The van der Waals surface area contributed by atoms with Crippen LogP contribution in [0.1, 0.15) is 16.1 Å². The van der Waals surface area contributed by atoms with Gasteiger partial charge in [0.15, 0.2) is 0 Å². The van der Waals surface area contributed by atoms with E-state index in [0.717, 1.165) is 6.07 Å². The zero-order valence-corrected chi connectivity index (χ0v) is 10.8. The molecule has 6 nitrogen and oxygen atoms in total. The van der Waals surface area contributed by atoms with Gasteiger partial charge in [0.05, 0.1) is 12.2 Å². The number of halogens is 1. The van der Waals surface area contributed by atoms with Crippen molar-refractivity contribution in [1.82, 2.24) is 10.2 Å². The summed E-state index contributed by atoms with van der Waals surface area (Å²) in [5.41, 5.74) is 5.22. The fourth-order valence-corrected chi connectivity index (χ4v) is 1.50. The molecule has 0 radical (unpaired) electrons. The number of anilines is 1. The molecule has 4 N–H and O–H groups in total. The molecular formula is C14H11FN4O2. The predicted molar refractivity (Wildman–Crippen MR) is 75.1 cm³/mol. The van der Waals surface area contributed by atoms with Crippen molar-refractivity contribution in [1.29, 1.82) is 0 Å². The Kier molecular flexibility index (Phi) is 4.43. The smallest absolute Gasteiger partial charge is 0.276 e. The number of carbonyl (C=O) groups excluding carboxylic acids is 1. The molecule has 7 heteroatoms. The van der Waals surface area contributed by atoms with E-state index in [0.29, 0.717) is 5.56 Å². The van der Waals surface area contributed by atoms with Crippen LogP contribution >= 0.6 is 0 Å². The first kappa shape index (κ1) is 14.4. The van der Waals surface area contributed by atoms with E-state index in [-0.39, 0.29) is 17.9 Å². The summed E-state index contributed by atoms with van der Waals surface area (Å²) in [5.74, 6) is 4.03. The van der Waals surface area contributed by atoms with E-state index >= 15 is 0 Å². The van der Waals surface area contributed by atoms with E-state index in [1.807, 2.05) is 0 Å². The number of nitrogens with one attached hydrogen (secondary N) is 2. The number of hydrogen-bond donors (Lipinski definition) is 3. The molecule has 1 aromatic heterocycles. The van der Waals surface area contributed by atoms with Crippen LogP contribution in [0.25, 0.3) is 0 Å². The summed E-state index contributed by atoms with van der Waals surface area (Å²) in [6.45, 7) is 0.179. The van der Waals surface area contributed by atoms with Gasteiger partial charge in [-0.2, -0.15) is 5.10 Å². The van der Waals surface area contributed by atoms with Crippen molar-refractivity contribution in [2.24, 2.45) is 5.73 Å². The highest BCUT2D eigenvalue weighted by molar-refractivity contribution is 6.02. The van der Waals surface area contributed by atoms with E-state index in [4.69, 9.17) is 5.73 Å². The van der Waals surface area contributed by atoms with Crippen LogP contribution < -0.4 is 16.6 Å². The highest BCUT2D eigenvalue weighted by Crippen LogP contribution is 2.16. The Labute approximate surface area is 119 Å². The van der Waals surface area contributed by atoms with Crippen molar-refractivity contribution < 1.29 is 9.18 Å². The molecule has 2 aromatic rings. The van der Waals surface area contributed by atoms with Gasteiger partial charge in [-0.25, -0.2) is 9.49 Å². The Morgan fingerprint density at radius 1 is 1.38 bits per heavy atom. The number of carbonyl (C=O) groups is 1. The molecule has 0 atom stereocenters. The topological polar surface area (TPSA) is 101 Å². The lowest BCUT2D eigenvalue weighted by Gasteiger charge is -2.05. The zero-order chi connectivity index (χ0) is 15.2. The zero-order valence-electron chi connectivity index (χ0n) is 10.8. The van der Waals surface area contributed by atoms with Gasteiger partial charge < -0.3 is 11.1 Å². The molecule has 0 aliphatic rings. The fraction of sp³-hybridized carbons (Fsp3) is 0.0714. The van der Waals surface area contributed by atoms with Gasteiger partial charge in [0.2, 0.25) is 0 Å². The Bertz CT molecular complexity index is 769. The molecule has 0 aliphatic heterocycles. The van der Waals surface area contributed by atoms with Crippen molar-refractivity contribution in [3.05, 3.63) is 57.8 Å². The Balaban J connectivity index is 2.17. The van der Waals surface area contributed by atoms with E-state index < -0.39 is 17.3 Å². The van der Waals surface area contributed by atoms with E-state index in [1.54, 1.807) is 6.07 Å². The van der Waals surface area contributed by atoms with Crippen LogP contribution in [0.2, 0.25) is 0 Å². The lowest BCUT2D eigenvalue weighted by atomic mass is 10.2. The molecule has 1 amide bonds. The minimum absolute atomic E-state index is 0.00806. The Hall–Kier alpha value is -2.98. The molecule has 0 unspecified atom stereocenters. The van der Waals surface area contributed by atoms with Gasteiger partial charge in [-0.1, -0.05) is 11.8 Å². The van der Waals surface area contributed by atoms with Crippen LogP contribution in [-0.2, 0) is 0 Å². The highest BCUT2D eigenvalue weighted by Gasteiger charge is 2.11. The molecular weight excluding hydrogens is 275 g/mol. The molecule has 0 saturated heterocycles. The van der Waals surface area contributed by atoms with Crippen LogP contribution in [0.15, 0.2) is 35.1 Å². The maximum atomic E-state index is 13.8. The second-order valence-electron chi connectivity index (χ2n) is 3.96. The number of benzene rings is 1. The van der Waals surface area contributed by atoms with Crippen molar-refractivity contribution >= 4 is 11.6 Å². The van der Waals surface area contributed by atoms with Crippen molar-refractivity contribution in [3.8, 4) is 11.8 Å². The molecule has 106 valence electrons. The predicted octanol–water partition coefficient (Wildman–Crippen LogP) is 0.471. The number of rotatable bonds is 2. The maximum Gasteiger partial charge on any atom is 0.276 e. The number of aromatic amines is 1. The summed E-state index contributed by atoms with van der Waals surface area (Å²) < 4.78 is 13.8. The first-order chi connectivity index (χ1) is 10.1. The van der Waals surface area contributed by atoms with Crippen LogP contribution in [0.4, 0.5) is 10.1 Å². The fourth-order valence-electron chi connectivity index (χ4n) is 1.50. The summed E-state index contributed by atoms with van der Waals surface area (Å²) in [4.78, 5) is 22.7. The number of amides is 1. The standard InChI is InChI=1S/C14H11FN4O2/c15-10-8-9(2-1-7-16)3-4-11(10)17-14(21)12-5-6-13(20)19-18-12/h3-6,8H,7,16H2,(H,17,21)(H,19,20). The number of nitrogens with zero attached hydrogens (tertiary/aromatic N) is 1. The SMILES string of the molecule is NCC#Cc1ccc(NC(=O)c2ccc(=O)[nH]n2)c(F)c1.